The quantitative estimate of drug-likeness (QED) is 0.682. The summed E-state index contributed by atoms with van der Waals surface area (Å²) < 4.78 is 0. The molecule has 2 aromatic rings. The summed E-state index contributed by atoms with van der Waals surface area (Å²) in [7, 11) is 0. The zero-order chi connectivity index (χ0) is 20.8. The molecule has 1 aliphatic rings. The number of hydrogen-bond acceptors (Lipinski definition) is 4. The Labute approximate surface area is 173 Å². The van der Waals surface area contributed by atoms with Crippen LogP contribution in [0.25, 0.3) is 0 Å². The van der Waals surface area contributed by atoms with Crippen molar-refractivity contribution in [2.24, 2.45) is 0 Å². The second-order valence-corrected chi connectivity index (χ2v) is 7.07. The molecule has 0 aromatic heterocycles. The van der Waals surface area contributed by atoms with Crippen molar-refractivity contribution in [1.29, 1.82) is 0 Å². The van der Waals surface area contributed by atoms with Gasteiger partial charge in [0.2, 0.25) is 17.7 Å². The van der Waals surface area contributed by atoms with E-state index in [1.54, 1.807) is 48.5 Å². The van der Waals surface area contributed by atoms with Gasteiger partial charge >= 0.3 is 0 Å². The van der Waals surface area contributed by atoms with Gasteiger partial charge in [-0.05, 0) is 42.0 Å². The summed E-state index contributed by atoms with van der Waals surface area (Å²) in [5.74, 6) is -0.829. The summed E-state index contributed by atoms with van der Waals surface area (Å²) in [6, 6.07) is 13.4. The van der Waals surface area contributed by atoms with Crippen molar-refractivity contribution in [1.82, 2.24) is 10.2 Å². The number of nitrogens with zero attached hydrogens (tertiary/aromatic N) is 1. The van der Waals surface area contributed by atoms with Gasteiger partial charge in [0.05, 0.1) is 6.54 Å². The van der Waals surface area contributed by atoms with E-state index < -0.39 is 0 Å². The molecule has 29 heavy (non-hydrogen) atoms. The Hall–Kier alpha value is -3.19. The number of amides is 4. The number of halogens is 1. The largest absolute Gasteiger partial charge is 0.352 e. The minimum absolute atomic E-state index is 0.123. The lowest BCUT2D eigenvalue weighted by Gasteiger charge is -2.14. The molecule has 0 radical (unpaired) electrons. The highest BCUT2D eigenvalue weighted by Gasteiger charge is 2.28. The Morgan fingerprint density at radius 1 is 0.931 bits per heavy atom. The van der Waals surface area contributed by atoms with Crippen LogP contribution in [-0.2, 0) is 20.9 Å². The van der Waals surface area contributed by atoms with Gasteiger partial charge in [-0.2, -0.15) is 0 Å². The zero-order valence-corrected chi connectivity index (χ0v) is 16.4. The molecule has 1 heterocycles. The van der Waals surface area contributed by atoms with Crippen LogP contribution in [0.3, 0.4) is 0 Å². The van der Waals surface area contributed by atoms with Crippen molar-refractivity contribution in [3.05, 3.63) is 64.7 Å². The van der Waals surface area contributed by atoms with Crippen molar-refractivity contribution in [3.63, 3.8) is 0 Å². The number of carbonyl (C=O) groups is 4. The van der Waals surface area contributed by atoms with Crippen molar-refractivity contribution in [3.8, 4) is 0 Å². The predicted octanol–water partition coefficient (Wildman–Crippen LogP) is 2.75. The molecule has 0 spiro atoms. The van der Waals surface area contributed by atoms with Crippen LogP contribution in [0.1, 0.15) is 35.2 Å². The lowest BCUT2D eigenvalue weighted by molar-refractivity contribution is -0.139. The van der Waals surface area contributed by atoms with E-state index in [0.29, 0.717) is 16.3 Å². The molecule has 1 fully saturated rings. The third-order valence-electron chi connectivity index (χ3n) is 4.48. The van der Waals surface area contributed by atoms with Gasteiger partial charge in [0, 0.05) is 42.1 Å². The summed E-state index contributed by atoms with van der Waals surface area (Å²) in [5, 5.41) is 5.97. The fraction of sp³-hybridized carbons (Fsp3) is 0.238. The highest BCUT2D eigenvalue weighted by atomic mass is 35.5. The molecule has 0 saturated carbocycles. The van der Waals surface area contributed by atoms with Crippen LogP contribution in [0.2, 0.25) is 5.02 Å². The van der Waals surface area contributed by atoms with Crippen LogP contribution in [0.4, 0.5) is 5.69 Å². The zero-order valence-electron chi connectivity index (χ0n) is 15.6. The van der Waals surface area contributed by atoms with E-state index in [-0.39, 0.29) is 56.0 Å². The van der Waals surface area contributed by atoms with E-state index in [2.05, 4.69) is 10.6 Å². The number of nitrogens with one attached hydrogen (secondary N) is 2. The second kappa shape index (κ2) is 9.34. The van der Waals surface area contributed by atoms with Crippen molar-refractivity contribution in [2.45, 2.75) is 25.8 Å². The molecular formula is C21H20ClN3O4. The Bertz CT molecular complexity index is 910. The molecule has 2 aromatic carbocycles. The van der Waals surface area contributed by atoms with E-state index in [0.717, 1.165) is 5.56 Å². The predicted molar refractivity (Wildman–Crippen MR) is 108 cm³/mol. The number of carbonyl (C=O) groups excluding carboxylic acids is 4. The van der Waals surface area contributed by atoms with Crippen molar-refractivity contribution in [2.75, 3.05) is 11.9 Å². The SMILES string of the molecule is O=C(CCNC(=O)c1ccc(Cl)cc1)Nc1ccc(CN2C(=O)CCC2=O)cc1. The molecule has 1 aliphatic heterocycles. The first-order chi connectivity index (χ1) is 13.9. The summed E-state index contributed by atoms with van der Waals surface area (Å²) in [6.07, 6.45) is 0.654. The highest BCUT2D eigenvalue weighted by molar-refractivity contribution is 6.30. The molecule has 4 amide bonds. The summed E-state index contributed by atoms with van der Waals surface area (Å²) in [6.45, 7) is 0.438. The third-order valence-corrected chi connectivity index (χ3v) is 4.73. The third kappa shape index (κ3) is 5.65. The van der Waals surface area contributed by atoms with Gasteiger partial charge in [-0.1, -0.05) is 23.7 Å². The molecule has 1 saturated heterocycles. The van der Waals surface area contributed by atoms with Crippen molar-refractivity contribution >= 4 is 40.9 Å². The van der Waals surface area contributed by atoms with Crippen LogP contribution in [-0.4, -0.2) is 35.1 Å². The number of rotatable bonds is 7. The number of benzene rings is 2. The van der Waals surface area contributed by atoms with E-state index in [4.69, 9.17) is 11.6 Å². The van der Waals surface area contributed by atoms with Crippen LogP contribution in [0, 0.1) is 0 Å². The summed E-state index contributed by atoms with van der Waals surface area (Å²) >= 11 is 5.79. The lowest BCUT2D eigenvalue weighted by atomic mass is 10.2. The Balaban J connectivity index is 1.43. The standard InChI is InChI=1S/C21H20ClN3O4/c22-16-5-3-15(4-6-16)21(29)23-12-11-18(26)24-17-7-1-14(2-8-17)13-25-19(27)9-10-20(25)28/h1-8H,9-13H2,(H,23,29)(H,24,26). The lowest BCUT2D eigenvalue weighted by Crippen LogP contribution is -2.28. The average molecular weight is 414 g/mol. The van der Waals surface area contributed by atoms with E-state index in [1.165, 1.54) is 4.90 Å². The molecule has 8 heteroatoms. The summed E-state index contributed by atoms with van der Waals surface area (Å²) in [4.78, 5) is 48.6. The van der Waals surface area contributed by atoms with Gasteiger partial charge in [-0.25, -0.2) is 0 Å². The van der Waals surface area contributed by atoms with Gasteiger partial charge in [0.15, 0.2) is 0 Å². The van der Waals surface area contributed by atoms with E-state index >= 15 is 0 Å². The van der Waals surface area contributed by atoms with Gasteiger partial charge in [-0.3, -0.25) is 24.1 Å². The Kier molecular flexibility index (Phi) is 6.61. The minimum Gasteiger partial charge on any atom is -0.352 e. The van der Waals surface area contributed by atoms with Gasteiger partial charge in [0.1, 0.15) is 0 Å². The minimum atomic E-state index is -0.273. The van der Waals surface area contributed by atoms with E-state index in [1.807, 2.05) is 0 Å². The Morgan fingerprint density at radius 3 is 2.17 bits per heavy atom. The van der Waals surface area contributed by atoms with Gasteiger partial charge in [-0.15, -0.1) is 0 Å². The first-order valence-electron chi connectivity index (χ1n) is 9.18. The van der Waals surface area contributed by atoms with Crippen LogP contribution < -0.4 is 10.6 Å². The topological polar surface area (TPSA) is 95.6 Å². The Morgan fingerprint density at radius 2 is 1.55 bits per heavy atom. The molecule has 0 bridgehead atoms. The second-order valence-electron chi connectivity index (χ2n) is 6.63. The number of imide groups is 1. The molecule has 0 unspecified atom stereocenters. The molecule has 2 N–H and O–H groups in total. The molecule has 0 aliphatic carbocycles. The van der Waals surface area contributed by atoms with E-state index in [9.17, 15) is 19.2 Å². The normalized spacial score (nSPS) is 13.5. The highest BCUT2D eigenvalue weighted by Crippen LogP contribution is 2.17. The van der Waals surface area contributed by atoms with Crippen LogP contribution in [0.15, 0.2) is 48.5 Å². The summed E-state index contributed by atoms with van der Waals surface area (Å²) in [5.41, 5.74) is 1.88. The molecule has 7 nitrogen and oxygen atoms in total. The van der Waals surface area contributed by atoms with Crippen LogP contribution in [0.5, 0.6) is 0 Å². The first-order valence-corrected chi connectivity index (χ1v) is 9.56. The number of hydrogen-bond donors (Lipinski definition) is 2. The van der Waals surface area contributed by atoms with Crippen molar-refractivity contribution < 1.29 is 19.2 Å². The number of anilines is 1. The average Bonchev–Trinajstić information content (AvgIpc) is 3.02. The van der Waals surface area contributed by atoms with Gasteiger partial charge < -0.3 is 10.6 Å². The maximum atomic E-state index is 12.0. The first kappa shape index (κ1) is 20.5. The van der Waals surface area contributed by atoms with Crippen LogP contribution >= 0.6 is 11.6 Å². The fourth-order valence-electron chi connectivity index (χ4n) is 2.89. The molecule has 3 rings (SSSR count). The maximum Gasteiger partial charge on any atom is 0.251 e. The molecular weight excluding hydrogens is 394 g/mol. The fourth-order valence-corrected chi connectivity index (χ4v) is 3.02. The molecule has 0 atom stereocenters. The van der Waals surface area contributed by atoms with Gasteiger partial charge in [0.25, 0.3) is 5.91 Å². The monoisotopic (exact) mass is 413 g/mol. The smallest absolute Gasteiger partial charge is 0.251 e. The maximum absolute atomic E-state index is 12.0. The molecule has 150 valence electrons. The number of likely N-dealkylation sites (tertiary alicyclic amines) is 1.